The number of aromatic amines is 5. The van der Waals surface area contributed by atoms with Crippen LogP contribution in [-0.4, -0.2) is 102 Å². The Hall–Kier alpha value is -6.77. The molecular weight excluding hydrogens is 975 g/mol. The Bertz CT molecular complexity index is 2430. The highest BCUT2D eigenvalue weighted by molar-refractivity contribution is 8.15. The van der Waals surface area contributed by atoms with Gasteiger partial charge in [-0.3, -0.25) is 48.9 Å². The summed E-state index contributed by atoms with van der Waals surface area (Å²) in [5.74, 6) is 4.77. The van der Waals surface area contributed by atoms with Gasteiger partial charge in [-0.05, 0) is 23.7 Å². The van der Waals surface area contributed by atoms with E-state index in [-0.39, 0.29) is 80.6 Å². The summed E-state index contributed by atoms with van der Waals surface area (Å²) >= 11 is 2.19. The molecule has 0 bridgehead atoms. The first kappa shape index (κ1) is 63.2. The summed E-state index contributed by atoms with van der Waals surface area (Å²) in [5.41, 5.74) is 2.03. The minimum absolute atomic E-state index is 0.0463. The number of carbonyl (C=O) groups excluding carboxylic acids is 5. The van der Waals surface area contributed by atoms with Gasteiger partial charge in [0.15, 0.2) is 11.6 Å². The van der Waals surface area contributed by atoms with Gasteiger partial charge < -0.3 is 19.7 Å². The zero-order valence-corrected chi connectivity index (χ0v) is 45.5. The second-order valence-electron chi connectivity index (χ2n) is 18.5. The Morgan fingerprint density at radius 1 is 0.694 bits per heavy atom. The van der Waals surface area contributed by atoms with Gasteiger partial charge in [-0.1, -0.05) is 128 Å². The van der Waals surface area contributed by atoms with Crippen LogP contribution in [0, 0.1) is 17.8 Å². The SMILES string of the molecule is CC(C)C1=CC(=O)CN1.CC(C)C1NC(=O)NC1=O.CC(C)C1SC(=O)NC1=O.CC(C)c1cc(=O)[nH]o1.CC(C)c1cc(=O)o[nH]1.CC(C)c1ncn[nH]1.CC(C)c1nn[nH]n1.CC(C)c1ns[nH]c1=O. The van der Waals surface area contributed by atoms with Gasteiger partial charge in [0, 0.05) is 59.3 Å². The van der Waals surface area contributed by atoms with Crippen molar-refractivity contribution in [1.82, 2.24) is 76.1 Å². The average Bonchev–Trinajstić information content (AvgIpc) is 4.14. The van der Waals surface area contributed by atoms with E-state index in [1.807, 2.05) is 83.1 Å². The number of thioether (sulfide) groups is 1. The van der Waals surface area contributed by atoms with Gasteiger partial charge in [0.25, 0.3) is 22.3 Å². The molecule has 5 aromatic rings. The summed E-state index contributed by atoms with van der Waals surface area (Å²) in [7, 11) is 0. The molecule has 3 aliphatic heterocycles. The Morgan fingerprint density at radius 2 is 1.36 bits per heavy atom. The molecule has 0 aromatic carbocycles. The molecule has 0 radical (unpaired) electrons. The normalized spacial score (nSPS) is 15.6. The number of rotatable bonds is 8. The Kier molecular flexibility index (Phi) is 28.3. The number of nitrogens with one attached hydrogen (secondary N) is 9. The molecular formula is C45H73N15O10S2. The van der Waals surface area contributed by atoms with Crippen LogP contribution in [0.25, 0.3) is 0 Å². The van der Waals surface area contributed by atoms with Crippen molar-refractivity contribution in [2.45, 2.75) is 152 Å². The van der Waals surface area contributed by atoms with Crippen molar-refractivity contribution in [2.75, 3.05) is 6.54 Å². The lowest BCUT2D eigenvalue weighted by Gasteiger charge is -2.09. The van der Waals surface area contributed by atoms with E-state index in [0.717, 1.165) is 46.5 Å². The lowest BCUT2D eigenvalue weighted by molar-refractivity contribution is -0.121. The number of urea groups is 1. The van der Waals surface area contributed by atoms with Crippen molar-refractivity contribution in [2.24, 2.45) is 17.8 Å². The van der Waals surface area contributed by atoms with Crippen LogP contribution in [0.2, 0.25) is 0 Å². The second kappa shape index (κ2) is 32.3. The Balaban J connectivity index is 0.000000412. The quantitative estimate of drug-likeness (QED) is 0.0813. The molecule has 2 unspecified atom stereocenters. The van der Waals surface area contributed by atoms with Crippen LogP contribution >= 0.6 is 23.5 Å². The maximum absolute atomic E-state index is 10.9. The maximum Gasteiger partial charge on any atom is 0.357 e. The van der Waals surface area contributed by atoms with Crippen molar-refractivity contribution in [3.63, 3.8) is 0 Å². The maximum atomic E-state index is 10.9. The molecule has 2 saturated heterocycles. The van der Waals surface area contributed by atoms with E-state index in [0.29, 0.717) is 41.7 Å². The number of ketones is 1. The van der Waals surface area contributed by atoms with Gasteiger partial charge in [-0.2, -0.15) is 19.8 Å². The van der Waals surface area contributed by atoms with Gasteiger partial charge in [-0.15, -0.1) is 10.2 Å². The zero-order chi connectivity index (χ0) is 54.8. The van der Waals surface area contributed by atoms with Crippen molar-refractivity contribution >= 4 is 52.4 Å². The highest BCUT2D eigenvalue weighted by Gasteiger charge is 2.33. The number of imide groups is 2. The molecule has 0 saturated carbocycles. The topological polar surface area (TPSA) is 367 Å². The summed E-state index contributed by atoms with van der Waals surface area (Å²) in [6.07, 6.45) is 3.21. The molecule has 0 aliphatic carbocycles. The van der Waals surface area contributed by atoms with E-state index in [1.54, 1.807) is 6.08 Å². The third-order valence-corrected chi connectivity index (χ3v) is 11.3. The number of carbonyl (C=O) groups is 5. The van der Waals surface area contributed by atoms with E-state index < -0.39 is 0 Å². The lowest BCUT2D eigenvalue weighted by atomic mass is 10.1. The third-order valence-electron chi connectivity index (χ3n) is 9.40. The number of hydrogen-bond acceptors (Lipinski definition) is 19. The molecule has 8 heterocycles. The number of tetrazole rings is 1. The minimum atomic E-state index is -0.385. The first-order chi connectivity index (χ1) is 33.6. The predicted molar refractivity (Wildman–Crippen MR) is 273 cm³/mol. The summed E-state index contributed by atoms with van der Waals surface area (Å²) in [4.78, 5) is 89.0. The number of H-pyrrole nitrogens is 5. The van der Waals surface area contributed by atoms with Crippen molar-refractivity contribution in [1.29, 1.82) is 0 Å². The average molecular weight is 1050 g/mol. The fraction of sp³-hybridized carbons (Fsp3) is 0.600. The van der Waals surface area contributed by atoms with Gasteiger partial charge in [0.1, 0.15) is 29.6 Å². The van der Waals surface area contributed by atoms with Gasteiger partial charge in [-0.25, -0.2) is 19.7 Å². The molecule has 8 rings (SSSR count). The molecule has 2 atom stereocenters. The lowest BCUT2D eigenvalue weighted by Crippen LogP contribution is -2.33. The second-order valence-corrected chi connectivity index (χ2v) is 20.2. The number of allylic oxidation sites excluding steroid dienone is 1. The van der Waals surface area contributed by atoms with Crippen LogP contribution in [-0.2, 0) is 14.4 Å². The summed E-state index contributed by atoms with van der Waals surface area (Å²) in [6, 6.07) is 2.20. The molecule has 72 heavy (non-hydrogen) atoms. The smallest absolute Gasteiger partial charge is 0.357 e. The summed E-state index contributed by atoms with van der Waals surface area (Å²) in [6.45, 7) is 32.2. The van der Waals surface area contributed by atoms with Crippen LogP contribution in [0.15, 0.2) is 53.7 Å². The van der Waals surface area contributed by atoms with E-state index in [4.69, 9.17) is 4.52 Å². The van der Waals surface area contributed by atoms with Crippen LogP contribution in [0.5, 0.6) is 0 Å². The fourth-order valence-electron chi connectivity index (χ4n) is 5.19. The van der Waals surface area contributed by atoms with Crippen LogP contribution in [0.4, 0.5) is 9.59 Å². The van der Waals surface area contributed by atoms with Crippen molar-refractivity contribution < 1.29 is 33.0 Å². The first-order valence-corrected chi connectivity index (χ1v) is 24.9. The fourth-order valence-corrected chi connectivity index (χ4v) is 6.64. The number of hydrogen-bond donors (Lipinski definition) is 9. The predicted octanol–water partition coefficient (Wildman–Crippen LogP) is 5.93. The number of aromatic nitrogens is 11. The van der Waals surface area contributed by atoms with E-state index >= 15 is 0 Å². The molecule has 5 amide bonds. The van der Waals surface area contributed by atoms with Gasteiger partial charge in [0.2, 0.25) is 5.91 Å². The molecule has 0 spiro atoms. The van der Waals surface area contributed by atoms with Crippen LogP contribution < -0.4 is 38.0 Å². The van der Waals surface area contributed by atoms with Gasteiger partial charge >= 0.3 is 11.7 Å². The zero-order valence-electron chi connectivity index (χ0n) is 43.9. The Morgan fingerprint density at radius 3 is 1.58 bits per heavy atom. The first-order valence-electron chi connectivity index (χ1n) is 23.2. The molecule has 2 fully saturated rings. The van der Waals surface area contributed by atoms with Crippen LogP contribution in [0.3, 0.4) is 0 Å². The molecule has 9 N–H and O–H groups in total. The van der Waals surface area contributed by atoms with Crippen molar-refractivity contribution in [3.8, 4) is 0 Å². The largest absolute Gasteiger partial charge is 0.383 e. The van der Waals surface area contributed by atoms with E-state index in [1.165, 1.54) is 18.5 Å². The molecule has 400 valence electrons. The molecule has 27 heteroatoms. The molecule has 3 aliphatic rings. The standard InChI is InChI=1S/C7H11NO.C6H10N2O2.C6H9NO2S.2C6H9NO2.C5H9N3.C5H8N2OS.C4H8N4/c1-5(2)7-3-6(9)4-8-7;1-3(2)4-5(9)8-6(10)7-4;1-3(2)4-5(8)7-6(9)10-4;1-4(2)5-3-6(8)7-9-5;1-4(2)5-3-6(8)9-7-5;1-4(2)5-6-3-7-8-5;1-3(2)4-5(8)7-9-6-4;1-3(2)4-5-7-8-6-4/h3,5,8H,4H2,1-2H3;3-4H,1-2H3,(H2,7,8,9,10);3-4H,1-2H3,(H,7,8,9);3-4H,1-2H3,(H,7,8);3-4,7H,1-2H3;3-4H,1-2H3,(H,6,7,8);3H,1-2H3,(H,7,8);3H,1-2H3,(H,5,6,7,8). The van der Waals surface area contributed by atoms with Gasteiger partial charge in [0.05, 0.1) is 17.5 Å². The van der Waals surface area contributed by atoms with E-state index in [9.17, 15) is 38.4 Å². The molecule has 25 nitrogen and oxygen atoms in total. The monoisotopic (exact) mass is 1050 g/mol. The minimum Gasteiger partial charge on any atom is -0.383 e. The van der Waals surface area contributed by atoms with Crippen molar-refractivity contribution in [3.05, 3.63) is 90.2 Å². The summed E-state index contributed by atoms with van der Waals surface area (Å²) < 4.78 is 15.6. The highest BCUT2D eigenvalue weighted by Crippen LogP contribution is 2.25. The summed E-state index contributed by atoms with van der Waals surface area (Å²) in [5, 5.41) is 34.1. The highest BCUT2D eigenvalue weighted by atomic mass is 32.2. The molecule has 5 aromatic heterocycles. The number of nitrogens with zero attached hydrogens (tertiary/aromatic N) is 6. The Labute approximate surface area is 426 Å². The van der Waals surface area contributed by atoms with E-state index in [2.05, 4.69) is 108 Å². The number of amides is 5. The van der Waals surface area contributed by atoms with Crippen LogP contribution in [0.1, 0.15) is 169 Å². The third kappa shape index (κ3) is 24.4.